The van der Waals surface area contributed by atoms with Gasteiger partial charge in [0.2, 0.25) is 0 Å². The van der Waals surface area contributed by atoms with Gasteiger partial charge in [-0.1, -0.05) is 24.3 Å². The van der Waals surface area contributed by atoms with E-state index >= 15 is 0 Å². The molecule has 5 heteroatoms. The molecule has 1 aliphatic heterocycles. The molecule has 0 atom stereocenters. The van der Waals surface area contributed by atoms with Crippen LogP contribution in [0.5, 0.6) is 0 Å². The van der Waals surface area contributed by atoms with Crippen molar-refractivity contribution in [2.24, 2.45) is 5.10 Å². The molecule has 2 heterocycles. The molecule has 2 aromatic carbocycles. The number of aryl methyl sites for hydroxylation is 1. The first-order valence-corrected chi connectivity index (χ1v) is 10.6. The molecule has 0 bridgehead atoms. The van der Waals surface area contributed by atoms with Crippen LogP contribution in [0.3, 0.4) is 0 Å². The van der Waals surface area contributed by atoms with Crippen molar-refractivity contribution >= 4 is 34.4 Å². The lowest BCUT2D eigenvalue weighted by Crippen LogP contribution is -2.49. The SMILES string of the molecule is CC1=CC(C)(C)N(C(C)C)c2cc(C)c(/C=N\NC(=O)c3cc4ccccc4o3)cc21. The fraction of sp³-hybridized carbons (Fsp3) is 0.308. The van der Waals surface area contributed by atoms with Crippen molar-refractivity contribution in [3.8, 4) is 0 Å². The Hall–Kier alpha value is -3.34. The first-order chi connectivity index (χ1) is 14.7. The van der Waals surface area contributed by atoms with E-state index in [-0.39, 0.29) is 17.2 Å². The van der Waals surface area contributed by atoms with E-state index in [1.165, 1.54) is 16.8 Å². The molecule has 5 nitrogen and oxygen atoms in total. The highest BCUT2D eigenvalue weighted by Gasteiger charge is 2.33. The van der Waals surface area contributed by atoms with Crippen LogP contribution in [0.1, 0.15) is 61.9 Å². The zero-order chi connectivity index (χ0) is 22.3. The van der Waals surface area contributed by atoms with Crippen LogP contribution >= 0.6 is 0 Å². The normalized spacial score (nSPS) is 15.5. The maximum atomic E-state index is 12.4. The third-order valence-electron chi connectivity index (χ3n) is 5.79. The second kappa shape index (κ2) is 7.73. The lowest BCUT2D eigenvalue weighted by atomic mass is 9.86. The number of furan rings is 1. The number of para-hydroxylation sites is 1. The summed E-state index contributed by atoms with van der Waals surface area (Å²) in [6.07, 6.45) is 4.01. The summed E-state index contributed by atoms with van der Waals surface area (Å²) < 4.78 is 5.60. The summed E-state index contributed by atoms with van der Waals surface area (Å²) in [5, 5.41) is 5.08. The number of carbonyl (C=O) groups excluding carboxylic acids is 1. The molecule has 1 aromatic heterocycles. The third kappa shape index (κ3) is 3.88. The first-order valence-electron chi connectivity index (χ1n) is 10.6. The molecule has 0 fully saturated rings. The van der Waals surface area contributed by atoms with Gasteiger partial charge in [-0.3, -0.25) is 4.79 Å². The van der Waals surface area contributed by atoms with Crippen LogP contribution in [0.4, 0.5) is 5.69 Å². The molecule has 0 spiro atoms. The second-order valence-electron chi connectivity index (χ2n) is 9.02. The van der Waals surface area contributed by atoms with E-state index in [9.17, 15) is 4.79 Å². The lowest BCUT2D eigenvalue weighted by Gasteiger charge is -2.46. The van der Waals surface area contributed by atoms with E-state index in [2.05, 4.69) is 75.2 Å². The number of anilines is 1. The minimum atomic E-state index is -0.369. The maximum Gasteiger partial charge on any atom is 0.307 e. The summed E-state index contributed by atoms with van der Waals surface area (Å²) in [4.78, 5) is 14.9. The smallest absolute Gasteiger partial charge is 0.307 e. The summed E-state index contributed by atoms with van der Waals surface area (Å²) in [5.74, 6) is -0.124. The number of nitrogens with one attached hydrogen (secondary N) is 1. The van der Waals surface area contributed by atoms with E-state index in [0.29, 0.717) is 11.6 Å². The Morgan fingerprint density at radius 2 is 1.90 bits per heavy atom. The molecule has 3 aromatic rings. The number of nitrogens with zero attached hydrogens (tertiary/aromatic N) is 2. The molecule has 0 saturated heterocycles. The van der Waals surface area contributed by atoms with Gasteiger partial charge >= 0.3 is 5.91 Å². The zero-order valence-corrected chi connectivity index (χ0v) is 19.0. The summed E-state index contributed by atoms with van der Waals surface area (Å²) >= 11 is 0. The van der Waals surface area contributed by atoms with Crippen LogP contribution in [0.15, 0.2) is 58.1 Å². The van der Waals surface area contributed by atoms with Crippen molar-refractivity contribution in [1.82, 2.24) is 5.43 Å². The van der Waals surface area contributed by atoms with Crippen molar-refractivity contribution in [2.75, 3.05) is 4.90 Å². The largest absolute Gasteiger partial charge is 0.451 e. The van der Waals surface area contributed by atoms with Gasteiger partial charge in [0, 0.05) is 22.7 Å². The minimum Gasteiger partial charge on any atom is -0.451 e. The maximum absolute atomic E-state index is 12.4. The molecule has 1 aliphatic rings. The fourth-order valence-corrected chi connectivity index (χ4v) is 4.60. The number of benzene rings is 2. The number of amides is 1. The van der Waals surface area contributed by atoms with Gasteiger partial charge in [-0.25, -0.2) is 5.43 Å². The van der Waals surface area contributed by atoms with Gasteiger partial charge in [0.1, 0.15) is 5.58 Å². The van der Waals surface area contributed by atoms with E-state index in [1.807, 2.05) is 24.3 Å². The lowest BCUT2D eigenvalue weighted by molar-refractivity contribution is 0.0929. The minimum absolute atomic E-state index is 0.0478. The molecule has 160 valence electrons. The quantitative estimate of drug-likeness (QED) is 0.425. The molecule has 0 saturated carbocycles. The van der Waals surface area contributed by atoms with Crippen LogP contribution in [0.25, 0.3) is 16.5 Å². The standard InChI is InChI=1S/C26H29N3O2/c1-16(2)29-22-11-17(3)20(12-21(22)18(4)14-26(29,5)6)15-27-28-25(30)24-13-19-9-7-8-10-23(19)31-24/h7-16H,1-6H3,(H,28,30)/b27-15-. The first kappa shape index (κ1) is 20.9. The molecule has 0 unspecified atom stereocenters. The third-order valence-corrected chi connectivity index (χ3v) is 5.79. The Balaban J connectivity index is 1.59. The average Bonchev–Trinajstić information content (AvgIpc) is 3.12. The number of hydrogen-bond acceptors (Lipinski definition) is 4. The predicted molar refractivity (Wildman–Crippen MR) is 128 cm³/mol. The Morgan fingerprint density at radius 3 is 2.61 bits per heavy atom. The Kier molecular flexibility index (Phi) is 5.21. The van der Waals surface area contributed by atoms with E-state index in [1.54, 1.807) is 12.3 Å². The molecule has 4 rings (SSSR count). The van der Waals surface area contributed by atoms with E-state index in [0.717, 1.165) is 16.5 Å². The van der Waals surface area contributed by atoms with Gasteiger partial charge in [-0.05, 0) is 82.5 Å². The topological polar surface area (TPSA) is 57.8 Å². The van der Waals surface area contributed by atoms with E-state index in [4.69, 9.17) is 4.42 Å². The molecule has 0 aliphatic carbocycles. The Morgan fingerprint density at radius 1 is 1.16 bits per heavy atom. The summed E-state index contributed by atoms with van der Waals surface area (Å²) in [6, 6.07) is 14.0. The van der Waals surface area contributed by atoms with Crippen molar-refractivity contribution < 1.29 is 9.21 Å². The van der Waals surface area contributed by atoms with Crippen molar-refractivity contribution in [3.63, 3.8) is 0 Å². The van der Waals surface area contributed by atoms with E-state index < -0.39 is 0 Å². The monoisotopic (exact) mass is 415 g/mol. The molecule has 31 heavy (non-hydrogen) atoms. The average molecular weight is 416 g/mol. The number of carbonyl (C=O) groups is 1. The van der Waals surface area contributed by atoms with Gasteiger partial charge in [-0.15, -0.1) is 0 Å². The summed E-state index contributed by atoms with van der Waals surface area (Å²) in [5.41, 5.74) is 8.98. The van der Waals surface area contributed by atoms with Crippen molar-refractivity contribution in [1.29, 1.82) is 0 Å². The van der Waals surface area contributed by atoms with Crippen LogP contribution in [0, 0.1) is 6.92 Å². The zero-order valence-electron chi connectivity index (χ0n) is 19.0. The van der Waals surface area contributed by atoms with Gasteiger partial charge in [-0.2, -0.15) is 5.10 Å². The highest BCUT2D eigenvalue weighted by molar-refractivity contribution is 5.97. The molecule has 1 N–H and O–H groups in total. The number of hydrazone groups is 1. The fourth-order valence-electron chi connectivity index (χ4n) is 4.60. The Bertz CT molecular complexity index is 1180. The summed E-state index contributed by atoms with van der Waals surface area (Å²) in [7, 11) is 0. The highest BCUT2D eigenvalue weighted by Crippen LogP contribution is 2.41. The van der Waals surface area contributed by atoms with Gasteiger partial charge < -0.3 is 9.32 Å². The molecular weight excluding hydrogens is 386 g/mol. The second-order valence-corrected chi connectivity index (χ2v) is 9.02. The van der Waals surface area contributed by atoms with Gasteiger partial charge in [0.25, 0.3) is 0 Å². The van der Waals surface area contributed by atoms with Crippen LogP contribution in [-0.2, 0) is 0 Å². The number of hydrogen-bond donors (Lipinski definition) is 1. The number of allylic oxidation sites excluding steroid dienone is 1. The number of rotatable bonds is 4. The summed E-state index contributed by atoms with van der Waals surface area (Å²) in [6.45, 7) is 13.2. The predicted octanol–water partition coefficient (Wildman–Crippen LogP) is 5.92. The van der Waals surface area contributed by atoms with Gasteiger partial charge in [0.15, 0.2) is 5.76 Å². The highest BCUT2D eigenvalue weighted by atomic mass is 16.3. The van der Waals surface area contributed by atoms with Crippen molar-refractivity contribution in [2.45, 2.75) is 53.1 Å². The Labute approximate surface area is 183 Å². The van der Waals surface area contributed by atoms with Crippen molar-refractivity contribution in [3.05, 3.63) is 71.0 Å². The van der Waals surface area contributed by atoms with Crippen LogP contribution in [-0.4, -0.2) is 23.7 Å². The van der Waals surface area contributed by atoms with Crippen LogP contribution < -0.4 is 10.3 Å². The van der Waals surface area contributed by atoms with Crippen LogP contribution in [0.2, 0.25) is 0 Å². The molecule has 0 radical (unpaired) electrons. The molecule has 1 amide bonds. The molecular formula is C26H29N3O2. The number of fused-ring (bicyclic) bond motifs is 2. The van der Waals surface area contributed by atoms with Gasteiger partial charge in [0.05, 0.1) is 11.8 Å².